The molecule has 0 saturated carbocycles. The molecule has 0 spiro atoms. The minimum absolute atomic E-state index is 0.0992. The average molecular weight is 311 g/mol. The van der Waals surface area contributed by atoms with Gasteiger partial charge in [0.1, 0.15) is 16.8 Å². The zero-order valence-corrected chi connectivity index (χ0v) is 14.8. The molecule has 0 radical (unpaired) electrons. The van der Waals surface area contributed by atoms with E-state index in [2.05, 4.69) is 49.5 Å². The minimum atomic E-state index is -0.0992. The number of halogens is 1. The highest BCUT2D eigenvalue weighted by molar-refractivity contribution is 6.30. The number of anilines is 1. The molecule has 1 aromatic rings. The van der Waals surface area contributed by atoms with Crippen LogP contribution >= 0.6 is 11.6 Å². The molecule has 0 aromatic carbocycles. The van der Waals surface area contributed by atoms with Crippen LogP contribution in [0, 0.1) is 6.92 Å². The molecule has 0 amide bonds. The summed E-state index contributed by atoms with van der Waals surface area (Å²) in [5.74, 6) is 1.82. The van der Waals surface area contributed by atoms with Crippen LogP contribution in [-0.4, -0.2) is 47.6 Å². The number of aromatic nitrogens is 2. The Morgan fingerprint density at radius 2 is 1.86 bits per heavy atom. The zero-order valence-electron chi connectivity index (χ0n) is 14.1. The predicted octanol–water partition coefficient (Wildman–Crippen LogP) is 3.27. The Morgan fingerprint density at radius 1 is 1.19 bits per heavy atom. The largest absolute Gasteiger partial charge is 0.352 e. The topological polar surface area (TPSA) is 32.3 Å². The van der Waals surface area contributed by atoms with E-state index in [4.69, 9.17) is 16.6 Å². The second-order valence-electron chi connectivity index (χ2n) is 7.19. The van der Waals surface area contributed by atoms with E-state index in [1.165, 1.54) is 0 Å². The van der Waals surface area contributed by atoms with Crippen molar-refractivity contribution >= 4 is 17.4 Å². The van der Waals surface area contributed by atoms with Gasteiger partial charge in [-0.15, -0.1) is 0 Å². The van der Waals surface area contributed by atoms with Gasteiger partial charge in [0.05, 0.1) is 0 Å². The van der Waals surface area contributed by atoms with E-state index in [1.807, 2.05) is 6.92 Å². The molecule has 118 valence electrons. The van der Waals surface area contributed by atoms with Crippen LogP contribution in [0.1, 0.15) is 45.5 Å². The fourth-order valence-corrected chi connectivity index (χ4v) is 2.94. The highest BCUT2D eigenvalue weighted by Crippen LogP contribution is 2.30. The van der Waals surface area contributed by atoms with Crippen molar-refractivity contribution in [2.24, 2.45) is 0 Å². The molecule has 0 aliphatic carbocycles. The highest BCUT2D eigenvalue weighted by Gasteiger charge is 2.26. The highest BCUT2D eigenvalue weighted by atomic mass is 35.5. The summed E-state index contributed by atoms with van der Waals surface area (Å²) >= 11 is 6.37. The van der Waals surface area contributed by atoms with Crippen LogP contribution < -0.4 is 4.90 Å². The van der Waals surface area contributed by atoms with Crippen molar-refractivity contribution in [3.8, 4) is 0 Å². The Hall–Kier alpha value is -0.870. The van der Waals surface area contributed by atoms with E-state index in [0.717, 1.165) is 43.3 Å². The van der Waals surface area contributed by atoms with Gasteiger partial charge in [-0.3, -0.25) is 0 Å². The Balaban J connectivity index is 2.44. The van der Waals surface area contributed by atoms with E-state index < -0.39 is 0 Å². The molecule has 2 heterocycles. The van der Waals surface area contributed by atoms with Gasteiger partial charge < -0.3 is 9.80 Å². The quantitative estimate of drug-likeness (QED) is 0.745. The van der Waals surface area contributed by atoms with Crippen molar-refractivity contribution in [3.63, 3.8) is 0 Å². The van der Waals surface area contributed by atoms with E-state index in [-0.39, 0.29) is 5.41 Å². The summed E-state index contributed by atoms with van der Waals surface area (Å²) in [5, 5.41) is 0.578. The first-order valence-corrected chi connectivity index (χ1v) is 8.07. The van der Waals surface area contributed by atoms with E-state index in [9.17, 15) is 0 Å². The fraction of sp³-hybridized carbons (Fsp3) is 0.750. The maximum atomic E-state index is 6.37. The monoisotopic (exact) mass is 310 g/mol. The number of hydrogen-bond donors (Lipinski definition) is 0. The summed E-state index contributed by atoms with van der Waals surface area (Å²) in [6.07, 6.45) is 1.15. The Bertz CT molecular complexity index is 510. The SMILES string of the molecule is Cc1c(Cl)nc(C(C)(C)C)nc1N1CCCN(C)CC1C. The first kappa shape index (κ1) is 16.5. The van der Waals surface area contributed by atoms with Gasteiger partial charge in [0.15, 0.2) is 0 Å². The van der Waals surface area contributed by atoms with Gasteiger partial charge in [0.25, 0.3) is 0 Å². The van der Waals surface area contributed by atoms with E-state index in [1.54, 1.807) is 0 Å². The number of hydrogen-bond acceptors (Lipinski definition) is 4. The summed E-state index contributed by atoms with van der Waals surface area (Å²) in [6, 6.07) is 0.426. The van der Waals surface area contributed by atoms with Crippen molar-refractivity contribution in [2.45, 2.75) is 52.5 Å². The van der Waals surface area contributed by atoms with Gasteiger partial charge >= 0.3 is 0 Å². The smallest absolute Gasteiger partial charge is 0.137 e. The summed E-state index contributed by atoms with van der Waals surface area (Å²) in [4.78, 5) is 14.1. The third-order valence-electron chi connectivity index (χ3n) is 4.05. The normalized spacial score (nSPS) is 21.5. The third-order valence-corrected chi connectivity index (χ3v) is 4.42. The van der Waals surface area contributed by atoms with Crippen molar-refractivity contribution < 1.29 is 0 Å². The van der Waals surface area contributed by atoms with Crippen molar-refractivity contribution in [2.75, 3.05) is 31.6 Å². The molecule has 1 fully saturated rings. The van der Waals surface area contributed by atoms with Crippen molar-refractivity contribution in [1.82, 2.24) is 14.9 Å². The number of nitrogens with zero attached hydrogens (tertiary/aromatic N) is 4. The summed E-state index contributed by atoms with van der Waals surface area (Å²) < 4.78 is 0. The molecule has 1 unspecified atom stereocenters. The van der Waals surface area contributed by atoms with Crippen LogP contribution in [0.5, 0.6) is 0 Å². The van der Waals surface area contributed by atoms with Gasteiger partial charge in [0.2, 0.25) is 0 Å². The molecular formula is C16H27ClN4. The first-order valence-electron chi connectivity index (χ1n) is 7.70. The van der Waals surface area contributed by atoms with Crippen LogP contribution in [-0.2, 0) is 5.41 Å². The lowest BCUT2D eigenvalue weighted by Crippen LogP contribution is -2.39. The first-order chi connectivity index (χ1) is 9.70. The van der Waals surface area contributed by atoms with E-state index >= 15 is 0 Å². The lowest BCUT2D eigenvalue weighted by molar-refractivity contribution is 0.337. The second kappa shape index (κ2) is 6.09. The summed E-state index contributed by atoms with van der Waals surface area (Å²) in [7, 11) is 2.18. The summed E-state index contributed by atoms with van der Waals surface area (Å²) in [6.45, 7) is 13.8. The average Bonchev–Trinajstić information content (AvgIpc) is 2.52. The predicted molar refractivity (Wildman–Crippen MR) is 89.4 cm³/mol. The standard InChI is InChI=1S/C16H27ClN4/c1-11-10-20(6)8-7-9-21(11)14-12(2)13(17)18-15(19-14)16(3,4)5/h11H,7-10H2,1-6H3. The second-order valence-corrected chi connectivity index (χ2v) is 7.55. The molecular weight excluding hydrogens is 284 g/mol. The number of likely N-dealkylation sites (N-methyl/N-ethyl adjacent to an activating group) is 1. The van der Waals surface area contributed by atoms with Gasteiger partial charge in [-0.1, -0.05) is 32.4 Å². The van der Waals surface area contributed by atoms with Gasteiger partial charge in [-0.2, -0.15) is 0 Å². The van der Waals surface area contributed by atoms with Crippen LogP contribution in [0.2, 0.25) is 5.15 Å². The van der Waals surface area contributed by atoms with Gasteiger partial charge in [-0.05, 0) is 33.9 Å². The molecule has 0 N–H and O–H groups in total. The van der Waals surface area contributed by atoms with Crippen LogP contribution in [0.15, 0.2) is 0 Å². The summed E-state index contributed by atoms with van der Waals surface area (Å²) in [5.41, 5.74) is 0.888. The van der Waals surface area contributed by atoms with E-state index in [0.29, 0.717) is 11.2 Å². The molecule has 1 saturated heterocycles. The maximum absolute atomic E-state index is 6.37. The molecule has 4 nitrogen and oxygen atoms in total. The molecule has 21 heavy (non-hydrogen) atoms. The molecule has 0 bridgehead atoms. The van der Waals surface area contributed by atoms with Gasteiger partial charge in [0, 0.05) is 30.1 Å². The third kappa shape index (κ3) is 3.67. The van der Waals surface area contributed by atoms with Gasteiger partial charge in [-0.25, -0.2) is 9.97 Å². The van der Waals surface area contributed by atoms with Crippen LogP contribution in [0.4, 0.5) is 5.82 Å². The fourth-order valence-electron chi connectivity index (χ4n) is 2.78. The lowest BCUT2D eigenvalue weighted by atomic mass is 9.95. The Morgan fingerprint density at radius 3 is 2.48 bits per heavy atom. The molecule has 1 aliphatic rings. The molecule has 1 atom stereocenters. The van der Waals surface area contributed by atoms with Crippen LogP contribution in [0.3, 0.4) is 0 Å². The molecule has 2 rings (SSSR count). The molecule has 1 aromatic heterocycles. The Kier molecular flexibility index (Phi) is 4.79. The molecule has 5 heteroatoms. The van der Waals surface area contributed by atoms with Crippen LogP contribution in [0.25, 0.3) is 0 Å². The zero-order chi connectivity index (χ0) is 15.8. The maximum Gasteiger partial charge on any atom is 0.137 e. The Labute approximate surface area is 133 Å². The molecule has 1 aliphatic heterocycles. The van der Waals surface area contributed by atoms with Crippen molar-refractivity contribution in [3.05, 3.63) is 16.5 Å². The van der Waals surface area contributed by atoms with Crippen molar-refractivity contribution in [1.29, 1.82) is 0 Å². The lowest BCUT2D eigenvalue weighted by Gasteiger charge is -2.31. The number of rotatable bonds is 1. The minimum Gasteiger partial charge on any atom is -0.352 e.